The third kappa shape index (κ3) is 4.12. The third-order valence-electron chi connectivity index (χ3n) is 4.18. The molecule has 134 valence electrons. The first kappa shape index (κ1) is 16.8. The molecule has 0 aliphatic heterocycles. The van der Waals surface area contributed by atoms with Crippen LogP contribution in [0.25, 0.3) is 10.9 Å². The van der Waals surface area contributed by atoms with E-state index in [-0.39, 0.29) is 5.91 Å². The SMILES string of the molecule is O=C(CCc1c[nH]c2ccccc12)Nc1cccc(Oc2cnccn2)c1. The van der Waals surface area contributed by atoms with Crippen LogP contribution in [0.3, 0.4) is 0 Å². The number of nitrogens with zero attached hydrogens (tertiary/aromatic N) is 2. The fourth-order valence-electron chi connectivity index (χ4n) is 2.91. The van der Waals surface area contributed by atoms with Gasteiger partial charge in [0.1, 0.15) is 5.75 Å². The number of carbonyl (C=O) groups excluding carboxylic acids is 1. The van der Waals surface area contributed by atoms with Gasteiger partial charge in [0.25, 0.3) is 0 Å². The molecule has 0 aliphatic carbocycles. The van der Waals surface area contributed by atoms with Crippen LogP contribution in [-0.2, 0) is 11.2 Å². The summed E-state index contributed by atoms with van der Waals surface area (Å²) < 4.78 is 5.64. The number of benzene rings is 2. The largest absolute Gasteiger partial charge is 0.437 e. The molecule has 2 aromatic carbocycles. The van der Waals surface area contributed by atoms with E-state index >= 15 is 0 Å². The Bertz CT molecular complexity index is 1060. The summed E-state index contributed by atoms with van der Waals surface area (Å²) in [4.78, 5) is 23.6. The topological polar surface area (TPSA) is 79.9 Å². The van der Waals surface area contributed by atoms with Gasteiger partial charge in [0.05, 0.1) is 6.20 Å². The van der Waals surface area contributed by atoms with Crippen LogP contribution in [0, 0.1) is 0 Å². The number of hydrogen-bond acceptors (Lipinski definition) is 4. The normalized spacial score (nSPS) is 10.7. The van der Waals surface area contributed by atoms with Crippen LogP contribution in [0.1, 0.15) is 12.0 Å². The molecule has 1 amide bonds. The number of H-pyrrole nitrogens is 1. The zero-order valence-electron chi connectivity index (χ0n) is 14.6. The number of aromatic nitrogens is 3. The summed E-state index contributed by atoms with van der Waals surface area (Å²) in [5, 5.41) is 4.07. The van der Waals surface area contributed by atoms with Crippen molar-refractivity contribution < 1.29 is 9.53 Å². The third-order valence-corrected chi connectivity index (χ3v) is 4.18. The van der Waals surface area contributed by atoms with Crippen LogP contribution in [0.15, 0.2) is 73.3 Å². The number of para-hydroxylation sites is 1. The first-order chi connectivity index (χ1) is 13.3. The predicted octanol–water partition coefficient (Wildman–Crippen LogP) is 4.32. The van der Waals surface area contributed by atoms with Gasteiger partial charge in [-0.1, -0.05) is 24.3 Å². The molecule has 4 rings (SSSR count). The van der Waals surface area contributed by atoms with E-state index in [0.29, 0.717) is 30.2 Å². The van der Waals surface area contributed by atoms with Crippen LogP contribution < -0.4 is 10.1 Å². The first-order valence-corrected chi connectivity index (χ1v) is 8.67. The van der Waals surface area contributed by atoms with E-state index in [9.17, 15) is 4.79 Å². The summed E-state index contributed by atoms with van der Waals surface area (Å²) in [7, 11) is 0. The zero-order chi connectivity index (χ0) is 18.5. The summed E-state index contributed by atoms with van der Waals surface area (Å²) in [5.41, 5.74) is 2.91. The van der Waals surface area contributed by atoms with Crippen LogP contribution in [-0.4, -0.2) is 20.9 Å². The summed E-state index contributed by atoms with van der Waals surface area (Å²) >= 11 is 0. The number of amides is 1. The number of carbonyl (C=O) groups is 1. The van der Waals surface area contributed by atoms with E-state index in [0.717, 1.165) is 16.5 Å². The quantitative estimate of drug-likeness (QED) is 0.538. The Balaban J connectivity index is 1.37. The van der Waals surface area contributed by atoms with Crippen molar-refractivity contribution >= 4 is 22.5 Å². The van der Waals surface area contributed by atoms with E-state index in [4.69, 9.17) is 4.74 Å². The number of anilines is 1. The Hall–Kier alpha value is -3.67. The molecule has 2 N–H and O–H groups in total. The lowest BCUT2D eigenvalue weighted by molar-refractivity contribution is -0.116. The Morgan fingerprint density at radius 1 is 1.11 bits per heavy atom. The van der Waals surface area contributed by atoms with Crippen molar-refractivity contribution in [1.29, 1.82) is 0 Å². The maximum Gasteiger partial charge on any atom is 0.237 e. The second kappa shape index (κ2) is 7.70. The van der Waals surface area contributed by atoms with Crippen molar-refractivity contribution in [1.82, 2.24) is 15.0 Å². The molecule has 0 fully saturated rings. The van der Waals surface area contributed by atoms with Gasteiger partial charge in [-0.05, 0) is 30.2 Å². The molecule has 2 heterocycles. The zero-order valence-corrected chi connectivity index (χ0v) is 14.6. The summed E-state index contributed by atoms with van der Waals surface area (Å²) in [6.07, 6.45) is 7.71. The number of nitrogens with one attached hydrogen (secondary N) is 2. The van der Waals surface area contributed by atoms with Crippen molar-refractivity contribution in [2.75, 3.05) is 5.32 Å². The Labute approximate surface area is 156 Å². The Kier molecular flexibility index (Phi) is 4.78. The van der Waals surface area contributed by atoms with Gasteiger partial charge in [0.2, 0.25) is 11.8 Å². The smallest absolute Gasteiger partial charge is 0.237 e. The molecule has 0 spiro atoms. The van der Waals surface area contributed by atoms with Crippen LogP contribution in [0.4, 0.5) is 5.69 Å². The maximum atomic E-state index is 12.3. The highest BCUT2D eigenvalue weighted by atomic mass is 16.5. The summed E-state index contributed by atoms with van der Waals surface area (Å²) in [6, 6.07) is 15.3. The van der Waals surface area contributed by atoms with Crippen molar-refractivity contribution in [3.8, 4) is 11.6 Å². The highest BCUT2D eigenvalue weighted by Gasteiger charge is 2.08. The number of fused-ring (bicyclic) bond motifs is 1. The molecule has 0 radical (unpaired) electrons. The number of aryl methyl sites for hydroxylation is 1. The number of aromatic amines is 1. The molecule has 0 unspecified atom stereocenters. The van der Waals surface area contributed by atoms with Crippen molar-refractivity contribution in [2.45, 2.75) is 12.8 Å². The van der Waals surface area contributed by atoms with Gasteiger partial charge >= 0.3 is 0 Å². The molecule has 6 nitrogen and oxygen atoms in total. The van der Waals surface area contributed by atoms with E-state index in [1.807, 2.05) is 36.5 Å². The van der Waals surface area contributed by atoms with Gasteiger partial charge in [-0.2, -0.15) is 0 Å². The predicted molar refractivity (Wildman–Crippen MR) is 104 cm³/mol. The minimum atomic E-state index is -0.0445. The Morgan fingerprint density at radius 3 is 2.93 bits per heavy atom. The second-order valence-electron chi connectivity index (χ2n) is 6.08. The number of hydrogen-bond donors (Lipinski definition) is 2. The van der Waals surface area contributed by atoms with Gasteiger partial charge in [-0.3, -0.25) is 9.78 Å². The van der Waals surface area contributed by atoms with Crippen molar-refractivity contribution in [2.24, 2.45) is 0 Å². The van der Waals surface area contributed by atoms with Gasteiger partial charge in [-0.25, -0.2) is 4.98 Å². The molecule has 0 atom stereocenters. The molecule has 0 bridgehead atoms. The number of rotatable bonds is 6. The highest BCUT2D eigenvalue weighted by molar-refractivity contribution is 5.91. The number of ether oxygens (including phenoxy) is 1. The lowest BCUT2D eigenvalue weighted by atomic mass is 10.1. The van der Waals surface area contributed by atoms with E-state index < -0.39 is 0 Å². The second-order valence-corrected chi connectivity index (χ2v) is 6.08. The molecule has 0 saturated heterocycles. The lowest BCUT2D eigenvalue weighted by Crippen LogP contribution is -2.12. The van der Waals surface area contributed by atoms with Crippen molar-refractivity contribution in [3.05, 3.63) is 78.9 Å². The molecule has 27 heavy (non-hydrogen) atoms. The average Bonchev–Trinajstić information content (AvgIpc) is 3.11. The molecule has 6 heteroatoms. The molecule has 2 aromatic heterocycles. The van der Waals surface area contributed by atoms with Crippen LogP contribution in [0.5, 0.6) is 11.6 Å². The molecular formula is C21H18N4O2. The average molecular weight is 358 g/mol. The summed E-state index contributed by atoms with van der Waals surface area (Å²) in [6.45, 7) is 0. The van der Waals surface area contributed by atoms with E-state index in [1.54, 1.807) is 24.5 Å². The summed E-state index contributed by atoms with van der Waals surface area (Å²) in [5.74, 6) is 0.946. The first-order valence-electron chi connectivity index (χ1n) is 8.67. The van der Waals surface area contributed by atoms with Crippen LogP contribution in [0.2, 0.25) is 0 Å². The van der Waals surface area contributed by atoms with Crippen LogP contribution >= 0.6 is 0 Å². The van der Waals surface area contributed by atoms with Gasteiger partial charge in [0, 0.05) is 47.7 Å². The van der Waals surface area contributed by atoms with Gasteiger partial charge < -0.3 is 15.0 Å². The monoisotopic (exact) mass is 358 g/mol. The molecule has 0 saturated carbocycles. The molecule has 4 aromatic rings. The standard InChI is InChI=1S/C21H18N4O2/c26-20(9-8-15-13-24-19-7-2-1-6-18(15)19)25-16-4-3-5-17(12-16)27-21-14-22-10-11-23-21/h1-7,10-14,24H,8-9H2,(H,25,26). The maximum absolute atomic E-state index is 12.3. The minimum absolute atomic E-state index is 0.0445. The fourth-order valence-corrected chi connectivity index (χ4v) is 2.91. The molecular weight excluding hydrogens is 340 g/mol. The van der Waals surface area contributed by atoms with Gasteiger partial charge in [-0.15, -0.1) is 0 Å². The van der Waals surface area contributed by atoms with E-state index in [2.05, 4.69) is 26.3 Å². The highest BCUT2D eigenvalue weighted by Crippen LogP contribution is 2.23. The van der Waals surface area contributed by atoms with E-state index in [1.165, 1.54) is 6.20 Å². The minimum Gasteiger partial charge on any atom is -0.437 e. The fraction of sp³-hybridized carbons (Fsp3) is 0.0952. The van der Waals surface area contributed by atoms with Crippen molar-refractivity contribution in [3.63, 3.8) is 0 Å². The van der Waals surface area contributed by atoms with Gasteiger partial charge in [0.15, 0.2) is 0 Å². The Morgan fingerprint density at radius 2 is 2.04 bits per heavy atom. The molecule has 0 aliphatic rings. The lowest BCUT2D eigenvalue weighted by Gasteiger charge is -2.08.